The predicted octanol–water partition coefficient (Wildman–Crippen LogP) is 2.41. The molecule has 2 heterocycles. The lowest BCUT2D eigenvalue weighted by Crippen LogP contribution is -2.31. The number of ether oxygens (including phenoxy) is 1. The molecule has 2 aromatic rings. The Labute approximate surface area is 136 Å². The Morgan fingerprint density at radius 1 is 1.26 bits per heavy atom. The number of fused-ring (bicyclic) bond motifs is 1. The third-order valence-corrected chi connectivity index (χ3v) is 4.60. The first-order valence-electron chi connectivity index (χ1n) is 8.30. The van der Waals surface area contributed by atoms with E-state index in [1.165, 1.54) is 18.4 Å². The number of aromatic nitrogens is 2. The highest BCUT2D eigenvalue weighted by atomic mass is 16.5. The van der Waals surface area contributed by atoms with Crippen molar-refractivity contribution in [2.24, 2.45) is 5.92 Å². The van der Waals surface area contributed by atoms with E-state index in [0.717, 1.165) is 55.6 Å². The molecule has 0 unspecified atom stereocenters. The Hall–Kier alpha value is -2.14. The summed E-state index contributed by atoms with van der Waals surface area (Å²) >= 11 is 0. The molecule has 1 aromatic carbocycles. The van der Waals surface area contributed by atoms with Gasteiger partial charge in [0.15, 0.2) is 0 Å². The molecule has 0 bridgehead atoms. The maximum atomic E-state index is 6.00. The second kappa shape index (κ2) is 6.16. The molecule has 0 atom stereocenters. The number of hydrogen-bond acceptors (Lipinski definition) is 5. The quantitative estimate of drug-likeness (QED) is 0.919. The standard InChI is InChI=1S/C18H22N4O/c19-18-16-10-22(7-6-17(16)20-12-21-18)9-14-2-1-3-15(8-14)23-11-13-4-5-13/h1-3,8,12-13H,4-7,9-11H2,(H2,19,20,21). The molecule has 1 aliphatic heterocycles. The van der Waals surface area contributed by atoms with Gasteiger partial charge in [0.2, 0.25) is 0 Å². The maximum Gasteiger partial charge on any atom is 0.131 e. The highest BCUT2D eigenvalue weighted by Crippen LogP contribution is 2.30. The van der Waals surface area contributed by atoms with Crippen molar-refractivity contribution < 1.29 is 4.74 Å². The van der Waals surface area contributed by atoms with Gasteiger partial charge in [-0.1, -0.05) is 12.1 Å². The van der Waals surface area contributed by atoms with Crippen LogP contribution >= 0.6 is 0 Å². The number of nitrogens with zero attached hydrogens (tertiary/aromatic N) is 3. The van der Waals surface area contributed by atoms with Crippen molar-refractivity contribution in [3.05, 3.63) is 47.4 Å². The second-order valence-electron chi connectivity index (χ2n) is 6.55. The molecule has 1 aliphatic carbocycles. The van der Waals surface area contributed by atoms with Crippen LogP contribution in [0.25, 0.3) is 0 Å². The van der Waals surface area contributed by atoms with E-state index in [0.29, 0.717) is 5.82 Å². The Balaban J connectivity index is 1.42. The molecule has 120 valence electrons. The summed E-state index contributed by atoms with van der Waals surface area (Å²) in [5.41, 5.74) is 9.45. The molecule has 2 aliphatic rings. The normalized spacial score (nSPS) is 17.7. The number of rotatable bonds is 5. The summed E-state index contributed by atoms with van der Waals surface area (Å²) in [4.78, 5) is 10.9. The van der Waals surface area contributed by atoms with Gasteiger partial charge in [0, 0.05) is 31.6 Å². The van der Waals surface area contributed by atoms with Crippen LogP contribution in [-0.2, 0) is 19.5 Å². The van der Waals surface area contributed by atoms with Crippen LogP contribution in [0.15, 0.2) is 30.6 Å². The zero-order valence-corrected chi connectivity index (χ0v) is 13.2. The highest BCUT2D eigenvalue weighted by Gasteiger charge is 2.22. The van der Waals surface area contributed by atoms with Crippen molar-refractivity contribution in [1.29, 1.82) is 0 Å². The van der Waals surface area contributed by atoms with Crippen molar-refractivity contribution in [3.63, 3.8) is 0 Å². The zero-order valence-electron chi connectivity index (χ0n) is 13.2. The van der Waals surface area contributed by atoms with Crippen LogP contribution in [0.2, 0.25) is 0 Å². The maximum absolute atomic E-state index is 6.00. The SMILES string of the molecule is Nc1ncnc2c1CN(Cc1cccc(OCC3CC3)c1)CC2. The van der Waals surface area contributed by atoms with Gasteiger partial charge < -0.3 is 10.5 Å². The molecule has 5 nitrogen and oxygen atoms in total. The lowest BCUT2D eigenvalue weighted by Gasteiger charge is -2.28. The van der Waals surface area contributed by atoms with E-state index < -0.39 is 0 Å². The molecule has 1 fully saturated rings. The average Bonchev–Trinajstić information content (AvgIpc) is 3.39. The first-order valence-corrected chi connectivity index (χ1v) is 8.30. The van der Waals surface area contributed by atoms with Gasteiger partial charge in [-0.3, -0.25) is 4.90 Å². The minimum absolute atomic E-state index is 0.612. The molecule has 23 heavy (non-hydrogen) atoms. The summed E-state index contributed by atoms with van der Waals surface area (Å²) in [5.74, 6) is 2.37. The van der Waals surface area contributed by atoms with E-state index >= 15 is 0 Å². The van der Waals surface area contributed by atoms with Crippen molar-refractivity contribution in [2.45, 2.75) is 32.4 Å². The minimum Gasteiger partial charge on any atom is -0.493 e. The zero-order chi connectivity index (χ0) is 15.6. The van der Waals surface area contributed by atoms with Crippen LogP contribution in [0.5, 0.6) is 5.75 Å². The summed E-state index contributed by atoms with van der Waals surface area (Å²) in [5, 5.41) is 0. The molecular formula is C18H22N4O. The fraction of sp³-hybridized carbons (Fsp3) is 0.444. The van der Waals surface area contributed by atoms with Crippen molar-refractivity contribution in [2.75, 3.05) is 18.9 Å². The van der Waals surface area contributed by atoms with E-state index in [-0.39, 0.29) is 0 Å². The molecular weight excluding hydrogens is 288 g/mol. The van der Waals surface area contributed by atoms with Crippen LogP contribution < -0.4 is 10.5 Å². The lowest BCUT2D eigenvalue weighted by atomic mass is 10.1. The van der Waals surface area contributed by atoms with Crippen molar-refractivity contribution in [3.8, 4) is 5.75 Å². The second-order valence-corrected chi connectivity index (χ2v) is 6.55. The highest BCUT2D eigenvalue weighted by molar-refractivity contribution is 5.42. The van der Waals surface area contributed by atoms with E-state index in [1.807, 2.05) is 6.07 Å². The molecule has 0 spiro atoms. The van der Waals surface area contributed by atoms with Crippen LogP contribution in [0.4, 0.5) is 5.82 Å². The third kappa shape index (κ3) is 3.45. The van der Waals surface area contributed by atoms with Gasteiger partial charge in [-0.25, -0.2) is 9.97 Å². The number of anilines is 1. The van der Waals surface area contributed by atoms with Crippen molar-refractivity contribution >= 4 is 5.82 Å². The Morgan fingerprint density at radius 3 is 3.04 bits per heavy atom. The van der Waals surface area contributed by atoms with E-state index in [9.17, 15) is 0 Å². The number of nitrogens with two attached hydrogens (primary N) is 1. The molecule has 4 rings (SSSR count). The molecule has 1 aromatic heterocycles. The molecule has 0 saturated heterocycles. The van der Waals surface area contributed by atoms with E-state index in [2.05, 4.69) is 33.1 Å². The van der Waals surface area contributed by atoms with Crippen LogP contribution in [0, 0.1) is 5.92 Å². The van der Waals surface area contributed by atoms with Gasteiger partial charge in [-0.15, -0.1) is 0 Å². The molecule has 5 heteroatoms. The number of nitrogen functional groups attached to an aromatic ring is 1. The average molecular weight is 310 g/mol. The van der Waals surface area contributed by atoms with Gasteiger partial charge in [-0.05, 0) is 36.5 Å². The fourth-order valence-corrected chi connectivity index (χ4v) is 3.04. The Morgan fingerprint density at radius 2 is 2.17 bits per heavy atom. The van der Waals surface area contributed by atoms with Crippen LogP contribution in [0.1, 0.15) is 29.7 Å². The molecule has 1 saturated carbocycles. The monoisotopic (exact) mass is 310 g/mol. The van der Waals surface area contributed by atoms with Crippen LogP contribution in [0.3, 0.4) is 0 Å². The molecule has 0 amide bonds. The minimum atomic E-state index is 0.612. The summed E-state index contributed by atoms with van der Waals surface area (Å²) in [6.07, 6.45) is 5.12. The largest absolute Gasteiger partial charge is 0.493 e. The van der Waals surface area contributed by atoms with Gasteiger partial charge in [0.05, 0.1) is 12.3 Å². The Bertz CT molecular complexity index is 699. The summed E-state index contributed by atoms with van der Waals surface area (Å²) < 4.78 is 5.88. The van der Waals surface area contributed by atoms with Gasteiger partial charge >= 0.3 is 0 Å². The van der Waals surface area contributed by atoms with Crippen LogP contribution in [-0.4, -0.2) is 28.0 Å². The summed E-state index contributed by atoms with van der Waals surface area (Å²) in [7, 11) is 0. The molecule has 2 N–H and O–H groups in total. The first kappa shape index (κ1) is 14.5. The number of benzene rings is 1. The van der Waals surface area contributed by atoms with E-state index in [1.54, 1.807) is 6.33 Å². The first-order chi connectivity index (χ1) is 11.3. The summed E-state index contributed by atoms with van der Waals surface area (Å²) in [6.45, 7) is 3.56. The van der Waals surface area contributed by atoms with Gasteiger partial charge in [0.25, 0.3) is 0 Å². The third-order valence-electron chi connectivity index (χ3n) is 4.60. The fourth-order valence-electron chi connectivity index (χ4n) is 3.04. The van der Waals surface area contributed by atoms with Crippen molar-refractivity contribution in [1.82, 2.24) is 14.9 Å². The smallest absolute Gasteiger partial charge is 0.131 e. The topological polar surface area (TPSA) is 64.3 Å². The van der Waals surface area contributed by atoms with E-state index in [4.69, 9.17) is 10.5 Å². The molecule has 0 radical (unpaired) electrons. The summed E-state index contributed by atoms with van der Waals surface area (Å²) in [6, 6.07) is 8.43. The van der Waals surface area contributed by atoms with Gasteiger partial charge in [0.1, 0.15) is 17.9 Å². The lowest BCUT2D eigenvalue weighted by molar-refractivity contribution is 0.242. The Kier molecular flexibility index (Phi) is 3.87. The predicted molar refractivity (Wildman–Crippen MR) is 88.9 cm³/mol. The number of hydrogen-bond donors (Lipinski definition) is 1. The van der Waals surface area contributed by atoms with Gasteiger partial charge in [-0.2, -0.15) is 0 Å².